The molecule has 2 aromatic carbocycles. The molecule has 0 bridgehead atoms. The zero-order valence-corrected chi connectivity index (χ0v) is 13.9. The SMILES string of the molecule is O=C(N[C@H](CC1Cc2ccccc2C1)C(=O)O)OCc1ccccc1. The van der Waals surface area contributed by atoms with E-state index in [1.54, 1.807) is 0 Å². The third-order valence-corrected chi connectivity index (χ3v) is 4.51. The summed E-state index contributed by atoms with van der Waals surface area (Å²) >= 11 is 0. The molecule has 25 heavy (non-hydrogen) atoms. The number of carbonyl (C=O) groups excluding carboxylic acids is 1. The van der Waals surface area contributed by atoms with Crippen molar-refractivity contribution in [2.24, 2.45) is 5.92 Å². The highest BCUT2D eigenvalue weighted by molar-refractivity contribution is 5.79. The van der Waals surface area contributed by atoms with E-state index in [-0.39, 0.29) is 12.5 Å². The number of aliphatic carboxylic acids is 1. The van der Waals surface area contributed by atoms with Crippen LogP contribution in [0.15, 0.2) is 54.6 Å². The quantitative estimate of drug-likeness (QED) is 0.847. The van der Waals surface area contributed by atoms with E-state index in [9.17, 15) is 14.7 Å². The van der Waals surface area contributed by atoms with Crippen LogP contribution in [0.5, 0.6) is 0 Å². The molecule has 0 aromatic heterocycles. The number of hydrogen-bond donors (Lipinski definition) is 2. The van der Waals surface area contributed by atoms with Crippen molar-refractivity contribution in [2.75, 3.05) is 0 Å². The van der Waals surface area contributed by atoms with Crippen LogP contribution in [0.2, 0.25) is 0 Å². The molecule has 0 unspecified atom stereocenters. The van der Waals surface area contributed by atoms with Gasteiger partial charge in [-0.1, -0.05) is 54.6 Å². The summed E-state index contributed by atoms with van der Waals surface area (Å²) in [6.45, 7) is 0.119. The van der Waals surface area contributed by atoms with Gasteiger partial charge in [0, 0.05) is 0 Å². The molecule has 1 atom stereocenters. The predicted octanol–water partition coefficient (Wildman–Crippen LogP) is 3.17. The van der Waals surface area contributed by atoms with Gasteiger partial charge in [-0.15, -0.1) is 0 Å². The lowest BCUT2D eigenvalue weighted by Gasteiger charge is -2.18. The molecule has 0 saturated carbocycles. The molecule has 0 fully saturated rings. The summed E-state index contributed by atoms with van der Waals surface area (Å²) in [4.78, 5) is 23.4. The Hall–Kier alpha value is -2.82. The summed E-state index contributed by atoms with van der Waals surface area (Å²) in [5.74, 6) is -0.819. The first-order chi connectivity index (χ1) is 12.1. The molecular formula is C20H21NO4. The molecule has 1 aliphatic rings. The number of ether oxygens (including phenoxy) is 1. The van der Waals surface area contributed by atoms with Crippen LogP contribution in [0.25, 0.3) is 0 Å². The van der Waals surface area contributed by atoms with Crippen LogP contribution in [0.1, 0.15) is 23.1 Å². The molecule has 130 valence electrons. The Balaban J connectivity index is 1.51. The summed E-state index contributed by atoms with van der Waals surface area (Å²) in [6, 6.07) is 16.5. The highest BCUT2D eigenvalue weighted by atomic mass is 16.5. The molecule has 1 amide bonds. The van der Waals surface area contributed by atoms with E-state index in [0.29, 0.717) is 6.42 Å². The number of amides is 1. The van der Waals surface area contributed by atoms with Crippen molar-refractivity contribution in [3.05, 3.63) is 71.3 Å². The van der Waals surface area contributed by atoms with Gasteiger partial charge in [0.1, 0.15) is 12.6 Å². The third-order valence-electron chi connectivity index (χ3n) is 4.51. The molecular weight excluding hydrogens is 318 g/mol. The number of alkyl carbamates (subject to hydrolysis) is 1. The minimum absolute atomic E-state index is 0.119. The Morgan fingerprint density at radius 1 is 1.04 bits per heavy atom. The first-order valence-corrected chi connectivity index (χ1v) is 8.38. The summed E-state index contributed by atoms with van der Waals surface area (Å²) in [7, 11) is 0. The number of benzene rings is 2. The van der Waals surface area contributed by atoms with Gasteiger partial charge < -0.3 is 15.2 Å². The molecule has 0 aliphatic heterocycles. The largest absolute Gasteiger partial charge is 0.480 e. The Labute approximate surface area is 146 Å². The fourth-order valence-electron chi connectivity index (χ4n) is 3.28. The number of hydrogen-bond acceptors (Lipinski definition) is 3. The van der Waals surface area contributed by atoms with Gasteiger partial charge in [-0.25, -0.2) is 9.59 Å². The number of nitrogens with one attached hydrogen (secondary N) is 1. The Morgan fingerprint density at radius 2 is 1.64 bits per heavy atom. The third kappa shape index (κ3) is 4.59. The normalized spacial score (nSPS) is 14.6. The lowest BCUT2D eigenvalue weighted by molar-refractivity contribution is -0.139. The molecule has 1 aliphatic carbocycles. The van der Waals surface area contributed by atoms with E-state index in [1.165, 1.54) is 11.1 Å². The Kier molecular flexibility index (Phi) is 5.33. The van der Waals surface area contributed by atoms with Crippen molar-refractivity contribution in [2.45, 2.75) is 31.9 Å². The minimum Gasteiger partial charge on any atom is -0.480 e. The van der Waals surface area contributed by atoms with Crippen LogP contribution in [-0.2, 0) is 29.0 Å². The van der Waals surface area contributed by atoms with Crippen LogP contribution in [0, 0.1) is 5.92 Å². The van der Waals surface area contributed by atoms with Crippen molar-refractivity contribution in [1.82, 2.24) is 5.32 Å². The monoisotopic (exact) mass is 339 g/mol. The maximum atomic E-state index is 11.9. The van der Waals surface area contributed by atoms with Gasteiger partial charge >= 0.3 is 12.1 Å². The van der Waals surface area contributed by atoms with Crippen molar-refractivity contribution < 1.29 is 19.4 Å². The van der Waals surface area contributed by atoms with E-state index in [4.69, 9.17) is 4.74 Å². The van der Waals surface area contributed by atoms with Crippen molar-refractivity contribution in [1.29, 1.82) is 0 Å². The van der Waals surface area contributed by atoms with E-state index in [0.717, 1.165) is 18.4 Å². The second-order valence-electron chi connectivity index (χ2n) is 6.38. The summed E-state index contributed by atoms with van der Waals surface area (Å²) < 4.78 is 5.12. The number of carboxylic acid groups (broad SMARTS) is 1. The fraction of sp³-hybridized carbons (Fsp3) is 0.300. The molecule has 2 N–H and O–H groups in total. The van der Waals surface area contributed by atoms with Crippen LogP contribution in [0.4, 0.5) is 4.79 Å². The van der Waals surface area contributed by atoms with Crippen molar-refractivity contribution in [3.8, 4) is 0 Å². The predicted molar refractivity (Wildman–Crippen MR) is 93.1 cm³/mol. The van der Waals surface area contributed by atoms with Gasteiger partial charge in [-0.2, -0.15) is 0 Å². The van der Waals surface area contributed by atoms with Crippen LogP contribution in [-0.4, -0.2) is 23.2 Å². The maximum Gasteiger partial charge on any atom is 0.408 e. The smallest absolute Gasteiger partial charge is 0.408 e. The van der Waals surface area contributed by atoms with E-state index in [1.807, 2.05) is 42.5 Å². The second-order valence-corrected chi connectivity index (χ2v) is 6.38. The van der Waals surface area contributed by atoms with Crippen LogP contribution >= 0.6 is 0 Å². The molecule has 3 rings (SSSR count). The molecule has 2 aromatic rings. The van der Waals surface area contributed by atoms with Gasteiger partial charge in [0.05, 0.1) is 0 Å². The molecule has 0 heterocycles. The zero-order valence-electron chi connectivity index (χ0n) is 13.9. The van der Waals surface area contributed by atoms with Crippen molar-refractivity contribution >= 4 is 12.1 Å². The number of fused-ring (bicyclic) bond motifs is 1. The summed E-state index contributed by atoms with van der Waals surface area (Å²) in [5.41, 5.74) is 3.39. The standard InChI is InChI=1S/C20H21NO4/c22-19(23)18(12-15-10-16-8-4-5-9-17(16)11-15)21-20(24)25-13-14-6-2-1-3-7-14/h1-9,15,18H,10-13H2,(H,21,24)(H,22,23)/t18-/m1/s1. The number of carbonyl (C=O) groups is 2. The van der Waals surface area contributed by atoms with Gasteiger partial charge in [-0.05, 0) is 41.9 Å². The Bertz CT molecular complexity index is 719. The van der Waals surface area contributed by atoms with Gasteiger partial charge in [-0.3, -0.25) is 0 Å². The van der Waals surface area contributed by atoms with Gasteiger partial charge in [0.25, 0.3) is 0 Å². The maximum absolute atomic E-state index is 11.9. The second kappa shape index (κ2) is 7.83. The molecule has 0 saturated heterocycles. The topological polar surface area (TPSA) is 75.6 Å². The lowest BCUT2D eigenvalue weighted by Crippen LogP contribution is -2.42. The van der Waals surface area contributed by atoms with E-state index in [2.05, 4.69) is 17.4 Å². The molecule has 0 radical (unpaired) electrons. The Morgan fingerprint density at radius 3 is 2.24 bits per heavy atom. The minimum atomic E-state index is -1.03. The number of rotatable bonds is 6. The van der Waals surface area contributed by atoms with Gasteiger partial charge in [0.15, 0.2) is 0 Å². The highest BCUT2D eigenvalue weighted by Gasteiger charge is 2.28. The van der Waals surface area contributed by atoms with Crippen molar-refractivity contribution in [3.63, 3.8) is 0 Å². The van der Waals surface area contributed by atoms with E-state index >= 15 is 0 Å². The molecule has 5 heteroatoms. The zero-order chi connectivity index (χ0) is 17.6. The molecule has 0 spiro atoms. The average molecular weight is 339 g/mol. The number of carboxylic acids is 1. The lowest BCUT2D eigenvalue weighted by atomic mass is 9.97. The first kappa shape index (κ1) is 17.0. The van der Waals surface area contributed by atoms with E-state index < -0.39 is 18.1 Å². The highest BCUT2D eigenvalue weighted by Crippen LogP contribution is 2.29. The summed E-state index contributed by atoms with van der Waals surface area (Å²) in [5, 5.41) is 11.9. The molecule has 5 nitrogen and oxygen atoms in total. The van der Waals surface area contributed by atoms with Crippen LogP contribution in [0.3, 0.4) is 0 Å². The first-order valence-electron chi connectivity index (χ1n) is 8.38. The fourth-order valence-corrected chi connectivity index (χ4v) is 3.28. The summed E-state index contributed by atoms with van der Waals surface area (Å²) in [6.07, 6.45) is 1.39. The average Bonchev–Trinajstić information content (AvgIpc) is 3.02. The van der Waals surface area contributed by atoms with Crippen LogP contribution < -0.4 is 5.32 Å². The van der Waals surface area contributed by atoms with Gasteiger partial charge in [0.2, 0.25) is 0 Å².